The third kappa shape index (κ3) is 4.07. The Labute approximate surface area is 136 Å². The molecule has 66 valence electrons. The van der Waals surface area contributed by atoms with E-state index in [0.717, 1.165) is 0 Å². The molecule has 0 amide bonds. The van der Waals surface area contributed by atoms with Gasteiger partial charge in [-0.05, 0) is 23.2 Å². The van der Waals surface area contributed by atoms with Crippen molar-refractivity contribution in [2.24, 2.45) is 0 Å². The molecule has 0 saturated heterocycles. The summed E-state index contributed by atoms with van der Waals surface area (Å²) < 4.78 is 21.0. The van der Waals surface area contributed by atoms with E-state index >= 15 is 0 Å². The Kier molecular flexibility index (Phi) is 7.33. The van der Waals surface area contributed by atoms with Crippen LogP contribution in [0.15, 0.2) is 17.0 Å². The minimum Gasteiger partial charge on any atom is -0.768 e. The van der Waals surface area contributed by atoms with Gasteiger partial charge in [0.25, 0.3) is 0 Å². The maximum atomic E-state index is 10.5. The van der Waals surface area contributed by atoms with Gasteiger partial charge in [-0.3, -0.25) is 4.21 Å². The monoisotopic (exact) mass is 282 g/mol. The van der Waals surface area contributed by atoms with Crippen LogP contribution in [0.2, 0.25) is 15.1 Å². The van der Waals surface area contributed by atoms with Crippen molar-refractivity contribution in [1.82, 2.24) is 0 Å². The van der Waals surface area contributed by atoms with Gasteiger partial charge < -0.3 is 4.55 Å². The molecule has 1 atom stereocenters. The molecule has 0 aromatic heterocycles. The van der Waals surface area contributed by atoms with Gasteiger partial charge >= 0.3 is 51.4 Å². The molecule has 0 spiro atoms. The normalized spacial score (nSPS) is 12.0. The maximum Gasteiger partial charge on any atom is 1.00 e. The number of benzene rings is 1. The summed E-state index contributed by atoms with van der Waals surface area (Å²) >= 11 is 14.3. The summed E-state index contributed by atoms with van der Waals surface area (Å²) in [5, 5.41) is 0.467. The fourth-order valence-corrected chi connectivity index (χ4v) is 1.86. The summed E-state index contributed by atoms with van der Waals surface area (Å²) in [6.45, 7) is 0. The topological polar surface area (TPSA) is 40.1 Å². The van der Waals surface area contributed by atoms with Crippen LogP contribution in [-0.2, 0) is 11.1 Å². The minimum absolute atomic E-state index is 0. The Morgan fingerprint density at radius 3 is 2.00 bits per heavy atom. The van der Waals surface area contributed by atoms with Gasteiger partial charge in [0.2, 0.25) is 0 Å². The van der Waals surface area contributed by atoms with Crippen LogP contribution < -0.4 is 51.4 Å². The summed E-state index contributed by atoms with van der Waals surface area (Å²) in [6, 6.07) is 2.49. The zero-order valence-electron chi connectivity index (χ0n) is 6.51. The molecule has 1 rings (SSSR count). The molecule has 13 heavy (non-hydrogen) atoms. The summed E-state index contributed by atoms with van der Waals surface area (Å²) in [6.07, 6.45) is 0. The molecule has 2 nitrogen and oxygen atoms in total. The molecule has 0 saturated carbocycles. The molecule has 0 aliphatic rings. The number of hydrogen-bond acceptors (Lipinski definition) is 2. The maximum absolute atomic E-state index is 10.5. The van der Waals surface area contributed by atoms with Crippen LogP contribution in [0.3, 0.4) is 0 Å². The standard InChI is InChI=1S/C6H3Cl3O2S.K/c7-3-1-5(9)6(12(10)11)2-4(3)8;/h1-2H,(H,10,11);/q;+1/p-1. The second-order valence-corrected chi connectivity index (χ2v) is 4.06. The summed E-state index contributed by atoms with van der Waals surface area (Å²) in [4.78, 5) is -0.0499. The Morgan fingerprint density at radius 1 is 1.08 bits per heavy atom. The predicted octanol–water partition coefficient (Wildman–Crippen LogP) is -0.111. The van der Waals surface area contributed by atoms with Crippen LogP contribution in [0.4, 0.5) is 0 Å². The molecule has 0 fully saturated rings. The first-order valence-electron chi connectivity index (χ1n) is 2.76. The number of hydrogen-bond donors (Lipinski definition) is 0. The predicted molar refractivity (Wildman–Crippen MR) is 48.7 cm³/mol. The zero-order valence-corrected chi connectivity index (χ0v) is 12.7. The van der Waals surface area contributed by atoms with Crippen LogP contribution in [0.1, 0.15) is 0 Å². The van der Waals surface area contributed by atoms with Gasteiger partial charge in [-0.2, -0.15) is 0 Å². The van der Waals surface area contributed by atoms with E-state index in [4.69, 9.17) is 34.8 Å². The average Bonchev–Trinajstić information content (AvgIpc) is 1.96. The quantitative estimate of drug-likeness (QED) is 0.410. The van der Waals surface area contributed by atoms with Gasteiger partial charge in [0, 0.05) is 4.90 Å². The molecule has 1 aromatic carbocycles. The van der Waals surface area contributed by atoms with Gasteiger partial charge in [-0.15, -0.1) is 0 Å². The van der Waals surface area contributed by atoms with Gasteiger partial charge in [-0.25, -0.2) is 0 Å². The molecule has 0 radical (unpaired) electrons. The Hall–Kier alpha value is 1.84. The second kappa shape index (κ2) is 6.43. The van der Waals surface area contributed by atoms with Gasteiger partial charge in [0.15, 0.2) is 0 Å². The van der Waals surface area contributed by atoms with Crippen molar-refractivity contribution < 1.29 is 60.1 Å². The van der Waals surface area contributed by atoms with Gasteiger partial charge in [0.05, 0.1) is 15.1 Å². The van der Waals surface area contributed by atoms with Crippen molar-refractivity contribution in [3.05, 3.63) is 27.2 Å². The van der Waals surface area contributed by atoms with E-state index in [1.165, 1.54) is 12.1 Å². The summed E-state index contributed by atoms with van der Waals surface area (Å²) in [7, 11) is 0. The van der Waals surface area contributed by atoms with Gasteiger partial charge in [-0.1, -0.05) is 34.8 Å². The molecule has 0 aliphatic carbocycles. The van der Waals surface area contributed by atoms with Crippen LogP contribution in [-0.4, -0.2) is 8.76 Å². The molecular weight excluding hydrogens is 282 g/mol. The third-order valence-corrected chi connectivity index (χ3v) is 3.00. The van der Waals surface area contributed by atoms with Crippen LogP contribution >= 0.6 is 34.8 Å². The van der Waals surface area contributed by atoms with Crippen molar-refractivity contribution in [3.63, 3.8) is 0 Å². The number of rotatable bonds is 1. The molecule has 7 heteroatoms. The Morgan fingerprint density at radius 2 is 1.54 bits per heavy atom. The zero-order chi connectivity index (χ0) is 9.30. The van der Waals surface area contributed by atoms with Crippen LogP contribution in [0, 0.1) is 0 Å². The van der Waals surface area contributed by atoms with E-state index in [0.29, 0.717) is 0 Å². The first-order valence-corrected chi connectivity index (χ1v) is 4.97. The molecule has 0 aliphatic heterocycles. The second-order valence-electron chi connectivity index (χ2n) is 1.93. The van der Waals surface area contributed by atoms with E-state index in [9.17, 15) is 8.76 Å². The fraction of sp³-hybridized carbons (Fsp3) is 0. The van der Waals surface area contributed by atoms with Crippen molar-refractivity contribution in [1.29, 1.82) is 0 Å². The summed E-state index contributed by atoms with van der Waals surface area (Å²) in [5.41, 5.74) is 0. The molecule has 1 unspecified atom stereocenters. The van der Waals surface area contributed by atoms with Crippen molar-refractivity contribution in [2.45, 2.75) is 4.90 Å². The minimum atomic E-state index is -2.38. The van der Waals surface area contributed by atoms with Crippen molar-refractivity contribution >= 4 is 45.9 Å². The third-order valence-electron chi connectivity index (χ3n) is 1.15. The van der Waals surface area contributed by atoms with Crippen LogP contribution in [0.25, 0.3) is 0 Å². The van der Waals surface area contributed by atoms with Gasteiger partial charge in [0.1, 0.15) is 0 Å². The SMILES string of the molecule is O=S([O-])c1cc(Cl)c(Cl)cc1Cl.[K+]. The molecule has 0 N–H and O–H groups in total. The average molecular weight is 284 g/mol. The number of halogens is 3. The van der Waals surface area contributed by atoms with E-state index in [-0.39, 0.29) is 71.3 Å². The van der Waals surface area contributed by atoms with E-state index in [1.807, 2.05) is 0 Å². The van der Waals surface area contributed by atoms with E-state index in [2.05, 4.69) is 0 Å². The van der Waals surface area contributed by atoms with E-state index < -0.39 is 11.1 Å². The van der Waals surface area contributed by atoms with Crippen molar-refractivity contribution in [2.75, 3.05) is 0 Å². The molecule has 1 aromatic rings. The van der Waals surface area contributed by atoms with Crippen molar-refractivity contribution in [3.8, 4) is 0 Å². The molecule has 0 heterocycles. The Bertz CT molecular complexity index is 345. The summed E-state index contributed by atoms with van der Waals surface area (Å²) in [5.74, 6) is 0. The molecular formula is C6H2Cl3KO2S. The largest absolute Gasteiger partial charge is 1.00 e. The first kappa shape index (κ1) is 14.8. The fourth-order valence-electron chi connectivity index (χ4n) is 0.632. The van der Waals surface area contributed by atoms with Crippen LogP contribution in [0.5, 0.6) is 0 Å². The molecule has 0 bridgehead atoms. The van der Waals surface area contributed by atoms with E-state index in [1.54, 1.807) is 0 Å². The smallest absolute Gasteiger partial charge is 0.768 e. The first-order chi connectivity index (χ1) is 5.52. The Balaban J connectivity index is 0.00000144.